The molecule has 4 nitrogen and oxygen atoms in total. The van der Waals surface area contributed by atoms with Crippen LogP contribution in [0.15, 0.2) is 23.4 Å². The Morgan fingerprint density at radius 1 is 1.35 bits per heavy atom. The van der Waals surface area contributed by atoms with E-state index in [0.29, 0.717) is 42.5 Å². The van der Waals surface area contributed by atoms with Gasteiger partial charge in [0, 0.05) is 18.5 Å². The molecule has 0 radical (unpaired) electrons. The van der Waals surface area contributed by atoms with E-state index in [0.717, 1.165) is 11.3 Å². The molecule has 0 unspecified atom stereocenters. The van der Waals surface area contributed by atoms with E-state index < -0.39 is 0 Å². The summed E-state index contributed by atoms with van der Waals surface area (Å²) in [5.41, 5.74) is 6.92. The molecule has 20 heavy (non-hydrogen) atoms. The molecule has 0 atom stereocenters. The smallest absolute Gasteiger partial charge is 0.129 e. The molecule has 0 aliphatic carbocycles. The highest BCUT2D eigenvalue weighted by Crippen LogP contribution is 2.23. The second-order valence-electron chi connectivity index (χ2n) is 3.80. The first kappa shape index (κ1) is 19.0. The number of unbranched alkanes of at least 4 members (excludes halogenated alkanes) is 1. The maximum Gasteiger partial charge on any atom is 0.129 e. The summed E-state index contributed by atoms with van der Waals surface area (Å²) in [6.45, 7) is 0.749. The molecule has 0 saturated heterocycles. The number of hydrogen-bond donors (Lipinski definition) is 1. The lowest BCUT2D eigenvalue weighted by Crippen LogP contribution is -2.08. The molecule has 0 fully saturated rings. The molecule has 2 N–H and O–H groups in total. The van der Waals surface area contributed by atoms with E-state index in [9.17, 15) is 0 Å². The van der Waals surface area contributed by atoms with E-state index >= 15 is 0 Å². The summed E-state index contributed by atoms with van der Waals surface area (Å²) in [5, 5.41) is 13.6. The zero-order valence-corrected chi connectivity index (χ0v) is 13.1. The molecule has 0 aromatic heterocycles. The van der Waals surface area contributed by atoms with Crippen molar-refractivity contribution in [1.82, 2.24) is 0 Å². The van der Waals surface area contributed by atoms with Crippen LogP contribution in [0, 0.1) is 11.3 Å². The maximum atomic E-state index is 8.57. The standard InChI is InChI=1S/C13H15Cl2N3O.ClH/c14-11-5-4-10(9-12(11)15)13(3-1-2-6-16)18-19-8-7-17;/h4-5,9H,1-3,7-8,17H2;1H. The summed E-state index contributed by atoms with van der Waals surface area (Å²) >= 11 is 11.9. The topological polar surface area (TPSA) is 71.4 Å². The first-order valence-electron chi connectivity index (χ1n) is 5.90. The Morgan fingerprint density at radius 2 is 2.10 bits per heavy atom. The van der Waals surface area contributed by atoms with Gasteiger partial charge in [-0.25, -0.2) is 0 Å². The molecule has 0 aliphatic heterocycles. The van der Waals surface area contributed by atoms with Gasteiger partial charge >= 0.3 is 0 Å². The van der Waals surface area contributed by atoms with Crippen LogP contribution >= 0.6 is 35.6 Å². The normalized spacial score (nSPS) is 10.6. The van der Waals surface area contributed by atoms with Gasteiger partial charge in [0.1, 0.15) is 6.61 Å². The molecule has 0 aliphatic rings. The number of oxime groups is 1. The minimum absolute atomic E-state index is 0. The van der Waals surface area contributed by atoms with Gasteiger partial charge < -0.3 is 10.6 Å². The number of halogens is 3. The molecule has 0 amide bonds. The fourth-order valence-electron chi connectivity index (χ4n) is 1.43. The molecular weight excluding hydrogens is 321 g/mol. The van der Waals surface area contributed by atoms with Gasteiger partial charge in [0.05, 0.1) is 21.8 Å². The number of nitrogens with two attached hydrogens (primary N) is 1. The molecule has 0 saturated carbocycles. The van der Waals surface area contributed by atoms with Crippen LogP contribution in [0.5, 0.6) is 0 Å². The monoisotopic (exact) mass is 335 g/mol. The van der Waals surface area contributed by atoms with E-state index in [1.807, 2.05) is 6.07 Å². The van der Waals surface area contributed by atoms with Crippen LogP contribution in [0.4, 0.5) is 0 Å². The minimum Gasteiger partial charge on any atom is -0.394 e. The summed E-state index contributed by atoms with van der Waals surface area (Å²) in [5.74, 6) is 0. The zero-order chi connectivity index (χ0) is 14.1. The Morgan fingerprint density at radius 3 is 2.70 bits per heavy atom. The third kappa shape index (κ3) is 6.44. The van der Waals surface area contributed by atoms with Crippen molar-refractivity contribution in [2.24, 2.45) is 10.9 Å². The quantitative estimate of drug-likeness (QED) is 0.468. The first-order valence-corrected chi connectivity index (χ1v) is 6.66. The molecule has 7 heteroatoms. The number of rotatable bonds is 7. The Hall–Kier alpha value is -0.990. The largest absolute Gasteiger partial charge is 0.394 e. The number of nitrogens with zero attached hydrogens (tertiary/aromatic N) is 2. The molecule has 0 spiro atoms. The SMILES string of the molecule is Cl.N#CCCCC(=NOCCN)c1ccc(Cl)c(Cl)c1. The van der Waals surface area contributed by atoms with Crippen molar-refractivity contribution in [2.45, 2.75) is 19.3 Å². The van der Waals surface area contributed by atoms with Crippen LogP contribution in [0.25, 0.3) is 0 Å². The number of nitriles is 1. The average molecular weight is 337 g/mol. The van der Waals surface area contributed by atoms with Crippen LogP contribution in [0.3, 0.4) is 0 Å². The summed E-state index contributed by atoms with van der Waals surface area (Å²) in [7, 11) is 0. The summed E-state index contributed by atoms with van der Waals surface area (Å²) in [6.07, 6.45) is 1.81. The molecule has 0 bridgehead atoms. The van der Waals surface area contributed by atoms with Crippen molar-refractivity contribution in [3.63, 3.8) is 0 Å². The van der Waals surface area contributed by atoms with E-state index in [2.05, 4.69) is 11.2 Å². The van der Waals surface area contributed by atoms with Gasteiger partial charge in [0.15, 0.2) is 0 Å². The Kier molecular flexibility index (Phi) is 10.2. The van der Waals surface area contributed by atoms with Gasteiger partial charge in [0.25, 0.3) is 0 Å². The first-order chi connectivity index (χ1) is 9.19. The molecule has 110 valence electrons. The highest BCUT2D eigenvalue weighted by Gasteiger charge is 2.07. The fourth-order valence-corrected chi connectivity index (χ4v) is 1.73. The summed E-state index contributed by atoms with van der Waals surface area (Å²) < 4.78 is 0. The van der Waals surface area contributed by atoms with Crippen molar-refractivity contribution in [3.8, 4) is 6.07 Å². The highest BCUT2D eigenvalue weighted by molar-refractivity contribution is 6.42. The lowest BCUT2D eigenvalue weighted by atomic mass is 10.1. The van der Waals surface area contributed by atoms with Crippen LogP contribution < -0.4 is 5.73 Å². The molecule has 1 aromatic carbocycles. The summed E-state index contributed by atoms with van der Waals surface area (Å²) in [4.78, 5) is 5.10. The van der Waals surface area contributed by atoms with Crippen molar-refractivity contribution in [3.05, 3.63) is 33.8 Å². The van der Waals surface area contributed by atoms with Crippen LogP contribution in [-0.2, 0) is 4.84 Å². The van der Waals surface area contributed by atoms with E-state index in [-0.39, 0.29) is 12.4 Å². The van der Waals surface area contributed by atoms with Gasteiger partial charge in [-0.3, -0.25) is 0 Å². The Balaban J connectivity index is 0.00000361. The predicted octanol–water partition coefficient (Wildman–Crippen LogP) is 3.79. The number of benzene rings is 1. The molecule has 0 heterocycles. The average Bonchev–Trinajstić information content (AvgIpc) is 2.41. The van der Waals surface area contributed by atoms with Crippen LogP contribution in [-0.4, -0.2) is 18.9 Å². The third-order valence-electron chi connectivity index (χ3n) is 2.34. The fraction of sp³-hybridized carbons (Fsp3) is 0.385. The Bertz CT molecular complexity index is 486. The van der Waals surface area contributed by atoms with Gasteiger partial charge in [-0.1, -0.05) is 34.4 Å². The third-order valence-corrected chi connectivity index (χ3v) is 3.08. The second-order valence-corrected chi connectivity index (χ2v) is 4.61. The number of hydrogen-bond acceptors (Lipinski definition) is 4. The lowest BCUT2D eigenvalue weighted by molar-refractivity contribution is 0.152. The molecular formula is C13H16Cl3N3O. The molecule has 1 aromatic rings. The van der Waals surface area contributed by atoms with Gasteiger partial charge in [-0.2, -0.15) is 5.26 Å². The maximum absolute atomic E-state index is 8.57. The van der Waals surface area contributed by atoms with Crippen molar-refractivity contribution in [1.29, 1.82) is 5.26 Å². The van der Waals surface area contributed by atoms with Crippen molar-refractivity contribution < 1.29 is 4.84 Å². The van der Waals surface area contributed by atoms with Gasteiger partial charge in [-0.05, 0) is 25.0 Å². The lowest BCUT2D eigenvalue weighted by Gasteiger charge is -2.07. The Labute approximate surface area is 134 Å². The molecule has 1 rings (SSSR count). The van der Waals surface area contributed by atoms with Crippen molar-refractivity contribution >= 4 is 41.3 Å². The van der Waals surface area contributed by atoms with Gasteiger partial charge in [0.2, 0.25) is 0 Å². The predicted molar refractivity (Wildman–Crippen MR) is 84.7 cm³/mol. The highest BCUT2D eigenvalue weighted by atomic mass is 35.5. The van der Waals surface area contributed by atoms with Crippen molar-refractivity contribution in [2.75, 3.05) is 13.2 Å². The summed E-state index contributed by atoms with van der Waals surface area (Å²) in [6, 6.07) is 7.37. The van der Waals surface area contributed by atoms with E-state index in [1.54, 1.807) is 12.1 Å². The van der Waals surface area contributed by atoms with Crippen LogP contribution in [0.1, 0.15) is 24.8 Å². The van der Waals surface area contributed by atoms with E-state index in [4.69, 9.17) is 39.0 Å². The second kappa shape index (κ2) is 10.8. The minimum atomic E-state index is 0. The zero-order valence-electron chi connectivity index (χ0n) is 10.8. The van der Waals surface area contributed by atoms with E-state index in [1.165, 1.54) is 0 Å². The van der Waals surface area contributed by atoms with Crippen LogP contribution in [0.2, 0.25) is 10.0 Å². The van der Waals surface area contributed by atoms with Gasteiger partial charge in [-0.15, -0.1) is 12.4 Å².